The van der Waals surface area contributed by atoms with Crippen molar-refractivity contribution in [3.05, 3.63) is 35.9 Å². The molecule has 2 aliphatic rings. The molecule has 3 rings (SSSR count). The molecule has 2 saturated heterocycles. The van der Waals surface area contributed by atoms with E-state index in [9.17, 15) is 9.90 Å². The van der Waals surface area contributed by atoms with Gasteiger partial charge >= 0.3 is 6.09 Å². The van der Waals surface area contributed by atoms with Gasteiger partial charge in [-0.15, -0.1) is 0 Å². The van der Waals surface area contributed by atoms with Gasteiger partial charge in [-0.1, -0.05) is 30.3 Å². The summed E-state index contributed by atoms with van der Waals surface area (Å²) >= 11 is 0. The molecule has 1 amide bonds. The van der Waals surface area contributed by atoms with Crippen molar-refractivity contribution >= 4 is 6.09 Å². The molecule has 1 aromatic carbocycles. The van der Waals surface area contributed by atoms with Gasteiger partial charge < -0.3 is 14.7 Å². The van der Waals surface area contributed by atoms with E-state index in [0.29, 0.717) is 19.5 Å². The van der Waals surface area contributed by atoms with Crippen molar-refractivity contribution in [3.8, 4) is 0 Å². The lowest BCUT2D eigenvalue weighted by molar-refractivity contribution is -0.0390. The van der Waals surface area contributed by atoms with Crippen molar-refractivity contribution in [3.63, 3.8) is 0 Å². The highest BCUT2D eigenvalue weighted by Gasteiger charge is 2.52. The zero-order valence-corrected chi connectivity index (χ0v) is 15.9. The Morgan fingerprint density at radius 3 is 2.32 bits per heavy atom. The predicted octanol–water partition coefficient (Wildman–Crippen LogP) is 2.98. The quantitative estimate of drug-likeness (QED) is 0.894. The van der Waals surface area contributed by atoms with Gasteiger partial charge in [0.25, 0.3) is 0 Å². The van der Waals surface area contributed by atoms with Gasteiger partial charge in [-0.25, -0.2) is 4.79 Å². The Hall–Kier alpha value is -1.59. The minimum atomic E-state index is -0.505. The molecule has 0 saturated carbocycles. The Balaban J connectivity index is 1.81. The molecule has 3 atom stereocenters. The van der Waals surface area contributed by atoms with Gasteiger partial charge in [0, 0.05) is 24.7 Å². The number of ether oxygens (including phenoxy) is 1. The third kappa shape index (κ3) is 3.53. The molecule has 2 aliphatic heterocycles. The Bertz CT molecular complexity index is 624. The Morgan fingerprint density at radius 1 is 1.12 bits per heavy atom. The van der Waals surface area contributed by atoms with Crippen LogP contribution in [0.25, 0.3) is 0 Å². The maximum atomic E-state index is 12.5. The maximum absolute atomic E-state index is 12.5. The van der Waals surface area contributed by atoms with Gasteiger partial charge in [0.15, 0.2) is 0 Å². The van der Waals surface area contributed by atoms with Gasteiger partial charge in [0.1, 0.15) is 5.60 Å². The molecule has 0 spiro atoms. The second-order valence-corrected chi connectivity index (χ2v) is 8.74. The van der Waals surface area contributed by atoms with E-state index in [1.54, 1.807) is 4.90 Å². The standard InChI is InChI=1S/C20H30N2O3/c1-19(2,3)25-18(24)21-12-15-11-17(23)16(13-21)22(15)20(4,5)14-9-7-6-8-10-14/h6-10,15-17,23H,11-13H2,1-5H3/t15-,16-,17+/m1/s1. The van der Waals surface area contributed by atoms with Crippen LogP contribution in [0.5, 0.6) is 0 Å². The van der Waals surface area contributed by atoms with Crippen LogP contribution in [0.15, 0.2) is 30.3 Å². The average molecular weight is 346 g/mol. The number of benzene rings is 1. The van der Waals surface area contributed by atoms with Crippen molar-refractivity contribution in [2.45, 2.75) is 70.4 Å². The summed E-state index contributed by atoms with van der Waals surface area (Å²) in [5.74, 6) is 0. The molecule has 1 aromatic rings. The number of aliphatic hydroxyl groups is 1. The fourth-order valence-corrected chi connectivity index (χ4v) is 4.27. The van der Waals surface area contributed by atoms with Crippen LogP contribution in [0.4, 0.5) is 4.79 Å². The number of piperazine rings is 1. The van der Waals surface area contributed by atoms with Crippen LogP contribution in [0.1, 0.15) is 46.6 Å². The minimum absolute atomic E-state index is 0.0681. The van der Waals surface area contributed by atoms with E-state index < -0.39 is 11.7 Å². The summed E-state index contributed by atoms with van der Waals surface area (Å²) in [6.07, 6.45) is -0.00515. The Labute approximate surface area is 150 Å². The minimum Gasteiger partial charge on any atom is -0.444 e. The molecule has 0 unspecified atom stereocenters. The van der Waals surface area contributed by atoms with E-state index in [1.165, 1.54) is 5.56 Å². The van der Waals surface area contributed by atoms with Gasteiger partial charge in [-0.3, -0.25) is 4.90 Å². The van der Waals surface area contributed by atoms with E-state index in [0.717, 1.165) is 0 Å². The number of hydrogen-bond acceptors (Lipinski definition) is 4. The molecule has 5 nitrogen and oxygen atoms in total. The monoisotopic (exact) mass is 346 g/mol. The summed E-state index contributed by atoms with van der Waals surface area (Å²) < 4.78 is 5.53. The first-order chi connectivity index (χ1) is 11.6. The van der Waals surface area contributed by atoms with Crippen molar-refractivity contribution in [1.82, 2.24) is 9.80 Å². The van der Waals surface area contributed by atoms with E-state index >= 15 is 0 Å². The smallest absolute Gasteiger partial charge is 0.410 e. The first-order valence-electron chi connectivity index (χ1n) is 9.09. The maximum Gasteiger partial charge on any atom is 0.410 e. The first-order valence-corrected chi connectivity index (χ1v) is 9.09. The van der Waals surface area contributed by atoms with Gasteiger partial charge in [-0.2, -0.15) is 0 Å². The Morgan fingerprint density at radius 2 is 1.76 bits per heavy atom. The normalized spacial score (nSPS) is 27.4. The number of carbonyl (C=O) groups excluding carboxylic acids is 1. The zero-order valence-electron chi connectivity index (χ0n) is 15.9. The molecule has 0 radical (unpaired) electrons. The molecule has 2 fully saturated rings. The van der Waals surface area contributed by atoms with Crippen molar-refractivity contribution in [1.29, 1.82) is 0 Å². The summed E-state index contributed by atoms with van der Waals surface area (Å²) in [7, 11) is 0. The Kier molecular flexibility index (Phi) is 4.58. The average Bonchev–Trinajstić information content (AvgIpc) is 2.73. The van der Waals surface area contributed by atoms with Gasteiger partial charge in [-0.05, 0) is 46.6 Å². The lowest BCUT2D eigenvalue weighted by atomic mass is 9.89. The van der Waals surface area contributed by atoms with Crippen LogP contribution >= 0.6 is 0 Å². The van der Waals surface area contributed by atoms with Crippen molar-refractivity contribution in [2.75, 3.05) is 13.1 Å². The topological polar surface area (TPSA) is 53.0 Å². The predicted molar refractivity (Wildman–Crippen MR) is 97.3 cm³/mol. The van der Waals surface area contributed by atoms with Crippen LogP contribution < -0.4 is 0 Å². The molecule has 5 heteroatoms. The molecule has 2 heterocycles. The number of fused-ring (bicyclic) bond motifs is 2. The number of hydrogen-bond donors (Lipinski definition) is 1. The third-order valence-electron chi connectivity index (χ3n) is 5.32. The van der Waals surface area contributed by atoms with E-state index in [4.69, 9.17) is 4.74 Å². The molecular formula is C20H30N2O3. The number of amides is 1. The highest BCUT2D eigenvalue weighted by molar-refractivity contribution is 5.68. The van der Waals surface area contributed by atoms with Crippen LogP contribution in [0, 0.1) is 0 Å². The lowest BCUT2D eigenvalue weighted by Crippen LogP contribution is -2.62. The molecule has 1 N–H and O–H groups in total. The number of carbonyl (C=O) groups is 1. The summed E-state index contributed by atoms with van der Waals surface area (Å²) in [6, 6.07) is 10.4. The van der Waals surface area contributed by atoms with Crippen molar-refractivity contribution in [2.24, 2.45) is 0 Å². The van der Waals surface area contributed by atoms with E-state index in [1.807, 2.05) is 39.0 Å². The molecule has 138 valence electrons. The van der Waals surface area contributed by atoms with Crippen molar-refractivity contribution < 1.29 is 14.6 Å². The highest BCUT2D eigenvalue weighted by atomic mass is 16.6. The fourth-order valence-electron chi connectivity index (χ4n) is 4.27. The zero-order chi connectivity index (χ0) is 18.4. The second-order valence-electron chi connectivity index (χ2n) is 8.74. The number of rotatable bonds is 2. The SMILES string of the molecule is CC(C)(C)OC(=O)N1C[C@H]2C[C@H](O)[C@@H](C1)N2C(C)(C)c1ccccc1. The summed E-state index contributed by atoms with van der Waals surface area (Å²) in [6.45, 7) is 11.1. The van der Waals surface area contributed by atoms with E-state index in [-0.39, 0.29) is 23.7 Å². The van der Waals surface area contributed by atoms with Crippen LogP contribution in [0.3, 0.4) is 0 Å². The molecule has 2 bridgehead atoms. The fraction of sp³-hybridized carbons (Fsp3) is 0.650. The number of likely N-dealkylation sites (tertiary alicyclic amines) is 1. The largest absolute Gasteiger partial charge is 0.444 e. The van der Waals surface area contributed by atoms with E-state index in [2.05, 4.69) is 30.9 Å². The number of aliphatic hydroxyl groups excluding tert-OH is 1. The first kappa shape index (κ1) is 18.2. The van der Waals surface area contributed by atoms with Gasteiger partial charge in [0.2, 0.25) is 0 Å². The lowest BCUT2D eigenvalue weighted by Gasteiger charge is -2.49. The molecular weight excluding hydrogens is 316 g/mol. The van der Waals surface area contributed by atoms with Crippen LogP contribution in [0.2, 0.25) is 0 Å². The van der Waals surface area contributed by atoms with Crippen LogP contribution in [-0.2, 0) is 10.3 Å². The summed E-state index contributed by atoms with van der Waals surface area (Å²) in [4.78, 5) is 16.6. The highest BCUT2D eigenvalue weighted by Crippen LogP contribution is 2.41. The summed E-state index contributed by atoms with van der Waals surface area (Å²) in [5, 5.41) is 10.6. The summed E-state index contributed by atoms with van der Waals surface area (Å²) in [5.41, 5.74) is 0.522. The van der Waals surface area contributed by atoms with Crippen LogP contribution in [-0.4, -0.2) is 57.9 Å². The molecule has 0 aliphatic carbocycles. The number of nitrogens with zero attached hydrogens (tertiary/aromatic N) is 2. The molecule has 25 heavy (non-hydrogen) atoms. The molecule has 0 aromatic heterocycles. The van der Waals surface area contributed by atoms with Gasteiger partial charge in [0.05, 0.1) is 12.1 Å². The third-order valence-corrected chi connectivity index (χ3v) is 5.32. The second kappa shape index (κ2) is 6.29.